The Morgan fingerprint density at radius 3 is 1.50 bits per heavy atom. The molecule has 0 spiro atoms. The largest absolute Gasteiger partial charge is 0.506 e. The molecule has 0 saturated heterocycles. The molecule has 0 radical (unpaired) electrons. The van der Waals surface area contributed by atoms with Gasteiger partial charge in [0, 0.05) is 0 Å². The van der Waals surface area contributed by atoms with Gasteiger partial charge in [0.25, 0.3) is 0 Å². The van der Waals surface area contributed by atoms with Gasteiger partial charge in [0.05, 0.1) is 22.5 Å². The Hall–Kier alpha value is -3.24. The van der Waals surface area contributed by atoms with Gasteiger partial charge in [-0.3, -0.25) is 0 Å². The zero-order valence-corrected chi connectivity index (χ0v) is 10.5. The smallest absolute Gasteiger partial charge is 0.139 e. The van der Waals surface area contributed by atoms with Crippen molar-refractivity contribution >= 4 is 11.4 Å². The van der Waals surface area contributed by atoms with E-state index in [-0.39, 0.29) is 22.9 Å². The van der Waals surface area contributed by atoms with Crippen molar-refractivity contribution in [1.82, 2.24) is 0 Å². The number of hydrogen-bond donors (Lipinski definition) is 4. The highest BCUT2D eigenvalue weighted by atomic mass is 16.3. The first kappa shape index (κ1) is 13.2. The summed E-state index contributed by atoms with van der Waals surface area (Å²) in [4.78, 5) is 0. The van der Waals surface area contributed by atoms with E-state index in [0.29, 0.717) is 11.1 Å². The van der Waals surface area contributed by atoms with Crippen LogP contribution < -0.4 is 11.5 Å². The van der Waals surface area contributed by atoms with Gasteiger partial charge in [0.1, 0.15) is 11.5 Å². The van der Waals surface area contributed by atoms with Crippen LogP contribution in [0.4, 0.5) is 11.4 Å². The number of phenolic OH excluding ortho intramolecular Hbond substituents is 2. The van der Waals surface area contributed by atoms with Gasteiger partial charge in [-0.25, -0.2) is 0 Å². The number of hydrogen-bond acceptors (Lipinski definition) is 4. The number of benzene rings is 2. The maximum absolute atomic E-state index is 9.43. The second kappa shape index (κ2) is 5.60. The molecule has 0 aliphatic heterocycles. The normalized spacial score (nSPS) is 9.00. The molecule has 0 saturated carbocycles. The van der Waals surface area contributed by atoms with E-state index < -0.39 is 0 Å². The van der Waals surface area contributed by atoms with E-state index in [1.54, 1.807) is 24.3 Å². The molecule has 0 aromatic heterocycles. The Morgan fingerprint density at radius 1 is 0.700 bits per heavy atom. The first-order valence-electron chi connectivity index (χ1n) is 5.76. The van der Waals surface area contributed by atoms with Crippen molar-refractivity contribution in [1.29, 1.82) is 0 Å². The molecule has 20 heavy (non-hydrogen) atoms. The molecule has 0 amide bonds. The predicted molar refractivity (Wildman–Crippen MR) is 78.8 cm³/mol. The quantitative estimate of drug-likeness (QED) is 0.331. The fourth-order valence-corrected chi connectivity index (χ4v) is 1.52. The molecule has 2 rings (SSSR count). The van der Waals surface area contributed by atoms with E-state index in [4.69, 9.17) is 11.5 Å². The summed E-state index contributed by atoms with van der Waals surface area (Å²) in [6.45, 7) is 0. The molecule has 4 heteroatoms. The molecule has 2 aromatic carbocycles. The minimum atomic E-state index is -0.0121. The van der Waals surface area contributed by atoms with Crippen molar-refractivity contribution in [3.63, 3.8) is 0 Å². The van der Waals surface area contributed by atoms with Crippen LogP contribution >= 0.6 is 0 Å². The third kappa shape index (κ3) is 2.77. The van der Waals surface area contributed by atoms with Gasteiger partial charge in [0.2, 0.25) is 0 Å². The van der Waals surface area contributed by atoms with Crippen molar-refractivity contribution in [2.75, 3.05) is 11.5 Å². The molecule has 0 aliphatic rings. The molecule has 98 valence electrons. The summed E-state index contributed by atoms with van der Waals surface area (Å²) < 4.78 is 0. The summed E-state index contributed by atoms with van der Waals surface area (Å²) in [5.74, 6) is 10.7. The van der Waals surface area contributed by atoms with E-state index in [1.165, 1.54) is 12.1 Å². The van der Waals surface area contributed by atoms with Crippen LogP contribution in [-0.4, -0.2) is 10.2 Å². The maximum atomic E-state index is 9.43. The Balaban J connectivity index is 2.27. The highest BCUT2D eigenvalue weighted by molar-refractivity contribution is 5.66. The number of aromatic hydroxyl groups is 2. The van der Waals surface area contributed by atoms with Gasteiger partial charge in [-0.2, -0.15) is 0 Å². The summed E-state index contributed by atoms with van der Waals surface area (Å²) in [5, 5.41) is 18.9. The number of phenols is 2. The number of nitrogens with two attached hydrogens (primary N) is 2. The average molecular weight is 264 g/mol. The summed E-state index contributed by atoms with van der Waals surface area (Å²) >= 11 is 0. The fourth-order valence-electron chi connectivity index (χ4n) is 1.52. The highest BCUT2D eigenvalue weighted by Crippen LogP contribution is 2.23. The summed E-state index contributed by atoms with van der Waals surface area (Å²) in [7, 11) is 0. The molecule has 0 fully saturated rings. The second-order valence-corrected chi connectivity index (χ2v) is 3.98. The minimum Gasteiger partial charge on any atom is -0.506 e. The standard InChI is InChI=1S/C16H12N2O2/c17-15-11(7-3-9-13(15)19)5-1-2-6-12-8-4-10-14(20)16(12)18/h3-4,7-10,19-20H,17-18H2. The number of nitrogen functional groups attached to an aromatic ring is 2. The van der Waals surface area contributed by atoms with E-state index in [0.717, 1.165) is 0 Å². The van der Waals surface area contributed by atoms with E-state index in [2.05, 4.69) is 23.7 Å². The lowest BCUT2D eigenvalue weighted by Crippen LogP contribution is -1.90. The monoisotopic (exact) mass is 264 g/mol. The van der Waals surface area contributed by atoms with Gasteiger partial charge < -0.3 is 21.7 Å². The molecular weight excluding hydrogens is 252 g/mol. The molecule has 4 nitrogen and oxygen atoms in total. The Bertz CT molecular complexity index is 707. The van der Waals surface area contributed by atoms with Crippen molar-refractivity contribution in [3.8, 4) is 35.2 Å². The van der Waals surface area contributed by atoms with Gasteiger partial charge >= 0.3 is 0 Å². The fraction of sp³-hybridized carbons (Fsp3) is 0. The summed E-state index contributed by atoms with van der Waals surface area (Å²) in [6.07, 6.45) is 0. The third-order valence-corrected chi connectivity index (χ3v) is 2.62. The Kier molecular flexibility index (Phi) is 3.70. The van der Waals surface area contributed by atoms with Crippen molar-refractivity contribution in [3.05, 3.63) is 47.5 Å². The zero-order valence-electron chi connectivity index (χ0n) is 10.5. The SMILES string of the molecule is Nc1c(O)cccc1C#CC#Cc1cccc(O)c1N. The molecule has 0 heterocycles. The molecular formula is C16H12N2O2. The van der Waals surface area contributed by atoms with E-state index >= 15 is 0 Å². The average Bonchev–Trinajstić information content (AvgIpc) is 2.43. The van der Waals surface area contributed by atoms with Crippen LogP contribution in [0.3, 0.4) is 0 Å². The molecule has 0 bridgehead atoms. The number of para-hydroxylation sites is 2. The number of anilines is 2. The Morgan fingerprint density at radius 2 is 1.10 bits per heavy atom. The van der Waals surface area contributed by atoms with Crippen LogP contribution in [0.1, 0.15) is 11.1 Å². The molecule has 6 N–H and O–H groups in total. The highest BCUT2D eigenvalue weighted by Gasteiger charge is 2.00. The lowest BCUT2D eigenvalue weighted by atomic mass is 10.1. The molecule has 0 atom stereocenters. The van der Waals surface area contributed by atoms with Crippen LogP contribution in [0.2, 0.25) is 0 Å². The van der Waals surface area contributed by atoms with Gasteiger partial charge in [-0.15, -0.1) is 0 Å². The van der Waals surface area contributed by atoms with E-state index in [1.807, 2.05) is 0 Å². The van der Waals surface area contributed by atoms with Gasteiger partial charge in [-0.1, -0.05) is 24.0 Å². The van der Waals surface area contributed by atoms with Gasteiger partial charge in [0.15, 0.2) is 0 Å². The van der Waals surface area contributed by atoms with Crippen LogP contribution in [0.5, 0.6) is 11.5 Å². The summed E-state index contributed by atoms with van der Waals surface area (Å²) in [6, 6.07) is 9.64. The first-order chi connectivity index (χ1) is 9.59. The van der Waals surface area contributed by atoms with Crippen LogP contribution in [0, 0.1) is 23.7 Å². The molecule has 0 unspecified atom stereocenters. The topological polar surface area (TPSA) is 92.5 Å². The maximum Gasteiger partial charge on any atom is 0.139 e. The first-order valence-corrected chi connectivity index (χ1v) is 5.76. The lowest BCUT2D eigenvalue weighted by Gasteiger charge is -1.99. The predicted octanol–water partition coefficient (Wildman–Crippen LogP) is 1.67. The summed E-state index contributed by atoms with van der Waals surface area (Å²) in [5.41, 5.74) is 12.8. The van der Waals surface area contributed by atoms with Crippen LogP contribution in [0.25, 0.3) is 0 Å². The van der Waals surface area contributed by atoms with Crippen molar-refractivity contribution < 1.29 is 10.2 Å². The number of rotatable bonds is 0. The van der Waals surface area contributed by atoms with Crippen molar-refractivity contribution in [2.45, 2.75) is 0 Å². The van der Waals surface area contributed by atoms with Crippen LogP contribution in [0.15, 0.2) is 36.4 Å². The molecule has 2 aromatic rings. The Labute approximate surface area is 116 Å². The third-order valence-electron chi connectivity index (χ3n) is 2.62. The van der Waals surface area contributed by atoms with Crippen LogP contribution in [-0.2, 0) is 0 Å². The lowest BCUT2D eigenvalue weighted by molar-refractivity contribution is 0.477. The zero-order chi connectivity index (χ0) is 14.5. The van der Waals surface area contributed by atoms with E-state index in [9.17, 15) is 10.2 Å². The molecule has 0 aliphatic carbocycles. The van der Waals surface area contributed by atoms with Crippen molar-refractivity contribution in [2.24, 2.45) is 0 Å². The second-order valence-electron chi connectivity index (χ2n) is 3.98. The van der Waals surface area contributed by atoms with Gasteiger partial charge in [-0.05, 0) is 36.1 Å². The minimum absolute atomic E-state index is 0.0121.